The normalized spacial score (nSPS) is 21.2. The first-order chi connectivity index (χ1) is 7.66. The minimum Gasteiger partial charge on any atom is -0.307 e. The Hall–Kier alpha value is -0.830. The summed E-state index contributed by atoms with van der Waals surface area (Å²) in [5, 5.41) is 7.92. The van der Waals surface area contributed by atoms with E-state index in [0.29, 0.717) is 12.1 Å². The molecule has 16 heavy (non-hydrogen) atoms. The molecule has 1 aromatic rings. The van der Waals surface area contributed by atoms with Crippen molar-refractivity contribution in [3.63, 3.8) is 0 Å². The van der Waals surface area contributed by atoms with Gasteiger partial charge in [0.2, 0.25) is 0 Å². The highest BCUT2D eigenvalue weighted by atomic mass is 15.2. The summed E-state index contributed by atoms with van der Waals surface area (Å²) < 4.78 is 1.87. The Morgan fingerprint density at radius 3 is 2.62 bits per heavy atom. The molecule has 2 rings (SSSR count). The van der Waals surface area contributed by atoms with Crippen LogP contribution < -0.4 is 5.32 Å². The predicted molar refractivity (Wildman–Crippen MR) is 66.2 cm³/mol. The molecule has 1 aliphatic rings. The molecule has 1 aromatic heterocycles. The molecule has 90 valence electrons. The molecular formula is C13H23N3. The number of aromatic nitrogens is 2. The second-order valence-electron chi connectivity index (χ2n) is 5.17. The van der Waals surface area contributed by atoms with Crippen molar-refractivity contribution in [1.82, 2.24) is 15.1 Å². The fourth-order valence-corrected chi connectivity index (χ4v) is 2.75. The summed E-state index contributed by atoms with van der Waals surface area (Å²) in [6, 6.07) is 1.03. The van der Waals surface area contributed by atoms with E-state index in [2.05, 4.69) is 30.5 Å². The third kappa shape index (κ3) is 2.64. The Bertz CT molecular complexity index is 326. The minimum atomic E-state index is 0.407. The number of hydrogen-bond donors (Lipinski definition) is 1. The molecule has 1 N–H and O–H groups in total. The van der Waals surface area contributed by atoms with Gasteiger partial charge in [-0.2, -0.15) is 5.10 Å². The third-order valence-electron chi connectivity index (χ3n) is 3.84. The van der Waals surface area contributed by atoms with Crippen LogP contribution >= 0.6 is 0 Å². The maximum absolute atomic E-state index is 4.22. The first kappa shape index (κ1) is 11.6. The van der Waals surface area contributed by atoms with E-state index in [1.165, 1.54) is 31.2 Å². The zero-order valence-corrected chi connectivity index (χ0v) is 10.6. The van der Waals surface area contributed by atoms with E-state index in [0.717, 1.165) is 5.92 Å². The molecular weight excluding hydrogens is 198 g/mol. The van der Waals surface area contributed by atoms with E-state index in [-0.39, 0.29) is 0 Å². The lowest BCUT2D eigenvalue weighted by Gasteiger charge is -2.24. The van der Waals surface area contributed by atoms with Gasteiger partial charge in [-0.25, -0.2) is 0 Å². The Morgan fingerprint density at radius 2 is 2.06 bits per heavy atom. The highest BCUT2D eigenvalue weighted by Gasteiger charge is 2.22. The maximum atomic E-state index is 4.22. The van der Waals surface area contributed by atoms with Gasteiger partial charge in [0.15, 0.2) is 0 Å². The van der Waals surface area contributed by atoms with Crippen LogP contribution in [-0.2, 0) is 7.05 Å². The monoisotopic (exact) mass is 221 g/mol. The molecule has 0 bridgehead atoms. The van der Waals surface area contributed by atoms with Crippen molar-refractivity contribution in [2.24, 2.45) is 13.0 Å². The van der Waals surface area contributed by atoms with E-state index in [4.69, 9.17) is 0 Å². The van der Waals surface area contributed by atoms with Crippen LogP contribution in [0.15, 0.2) is 12.4 Å². The smallest absolute Gasteiger partial charge is 0.0537 e. The number of nitrogens with one attached hydrogen (secondary N) is 1. The largest absolute Gasteiger partial charge is 0.307 e. The van der Waals surface area contributed by atoms with E-state index in [9.17, 15) is 0 Å². The van der Waals surface area contributed by atoms with Gasteiger partial charge in [0, 0.05) is 30.9 Å². The van der Waals surface area contributed by atoms with Gasteiger partial charge in [-0.15, -0.1) is 0 Å². The van der Waals surface area contributed by atoms with Crippen molar-refractivity contribution in [1.29, 1.82) is 0 Å². The van der Waals surface area contributed by atoms with Gasteiger partial charge < -0.3 is 5.32 Å². The lowest BCUT2D eigenvalue weighted by molar-refractivity contribution is 0.352. The molecule has 3 nitrogen and oxygen atoms in total. The van der Waals surface area contributed by atoms with Crippen molar-refractivity contribution in [2.75, 3.05) is 0 Å². The van der Waals surface area contributed by atoms with Crippen LogP contribution in [0.3, 0.4) is 0 Å². The number of rotatable bonds is 4. The molecule has 0 saturated heterocycles. The molecule has 1 aliphatic carbocycles. The topological polar surface area (TPSA) is 29.9 Å². The zero-order chi connectivity index (χ0) is 11.5. The molecule has 0 spiro atoms. The lowest BCUT2D eigenvalue weighted by atomic mass is 9.98. The van der Waals surface area contributed by atoms with Gasteiger partial charge in [-0.05, 0) is 32.6 Å². The van der Waals surface area contributed by atoms with Crippen LogP contribution in [0.1, 0.15) is 51.1 Å². The van der Waals surface area contributed by atoms with Gasteiger partial charge in [-0.1, -0.05) is 12.8 Å². The molecule has 0 aliphatic heterocycles. The average molecular weight is 221 g/mol. The molecule has 3 heteroatoms. The van der Waals surface area contributed by atoms with Crippen molar-refractivity contribution < 1.29 is 0 Å². The lowest BCUT2D eigenvalue weighted by Crippen LogP contribution is -2.34. The first-order valence-corrected chi connectivity index (χ1v) is 6.41. The average Bonchev–Trinajstić information content (AvgIpc) is 2.87. The number of aryl methyl sites for hydroxylation is 1. The minimum absolute atomic E-state index is 0.407. The molecule has 0 radical (unpaired) electrons. The summed E-state index contributed by atoms with van der Waals surface area (Å²) >= 11 is 0. The van der Waals surface area contributed by atoms with Gasteiger partial charge >= 0.3 is 0 Å². The first-order valence-electron chi connectivity index (χ1n) is 6.41. The highest BCUT2D eigenvalue weighted by molar-refractivity contribution is 5.09. The van der Waals surface area contributed by atoms with Gasteiger partial charge in [0.1, 0.15) is 0 Å². The SMILES string of the molecule is CC(N[C@@H](C)C1CCCC1)c1cnn(C)c1. The van der Waals surface area contributed by atoms with Crippen molar-refractivity contribution >= 4 is 0 Å². The van der Waals surface area contributed by atoms with Crippen molar-refractivity contribution in [2.45, 2.75) is 51.6 Å². The fourth-order valence-electron chi connectivity index (χ4n) is 2.75. The summed E-state index contributed by atoms with van der Waals surface area (Å²) in [6.07, 6.45) is 9.68. The maximum Gasteiger partial charge on any atom is 0.0537 e. The summed E-state index contributed by atoms with van der Waals surface area (Å²) in [6.45, 7) is 4.55. The van der Waals surface area contributed by atoms with E-state index in [1.54, 1.807) is 0 Å². The molecule has 1 unspecified atom stereocenters. The second-order valence-corrected chi connectivity index (χ2v) is 5.17. The Morgan fingerprint density at radius 1 is 1.38 bits per heavy atom. The van der Waals surface area contributed by atoms with Crippen LogP contribution in [0.2, 0.25) is 0 Å². The quantitative estimate of drug-likeness (QED) is 0.847. The fraction of sp³-hybridized carbons (Fsp3) is 0.769. The van der Waals surface area contributed by atoms with Crippen molar-refractivity contribution in [3.05, 3.63) is 18.0 Å². The molecule has 1 fully saturated rings. The highest BCUT2D eigenvalue weighted by Crippen LogP contribution is 2.28. The van der Waals surface area contributed by atoms with Gasteiger partial charge in [0.05, 0.1) is 6.20 Å². The van der Waals surface area contributed by atoms with Crippen LogP contribution in [0.4, 0.5) is 0 Å². The predicted octanol–water partition coefficient (Wildman–Crippen LogP) is 2.65. The molecule has 0 aromatic carbocycles. The van der Waals surface area contributed by atoms with Crippen molar-refractivity contribution in [3.8, 4) is 0 Å². The summed E-state index contributed by atoms with van der Waals surface area (Å²) in [5.41, 5.74) is 1.28. The van der Waals surface area contributed by atoms with E-state index >= 15 is 0 Å². The van der Waals surface area contributed by atoms with Crippen LogP contribution in [0, 0.1) is 5.92 Å². The summed E-state index contributed by atoms with van der Waals surface area (Å²) in [4.78, 5) is 0. The number of hydrogen-bond acceptors (Lipinski definition) is 2. The third-order valence-corrected chi connectivity index (χ3v) is 3.84. The standard InChI is InChI=1S/C13H23N3/c1-10(12-6-4-5-7-12)15-11(2)13-8-14-16(3)9-13/h8-12,15H,4-7H2,1-3H3/t10-,11?/m0/s1. The van der Waals surface area contributed by atoms with E-state index in [1.807, 2.05) is 17.9 Å². The van der Waals surface area contributed by atoms with Crippen LogP contribution in [0.25, 0.3) is 0 Å². The van der Waals surface area contributed by atoms with Gasteiger partial charge in [0.25, 0.3) is 0 Å². The number of nitrogens with zero attached hydrogens (tertiary/aromatic N) is 2. The molecule has 1 heterocycles. The van der Waals surface area contributed by atoms with Crippen LogP contribution in [-0.4, -0.2) is 15.8 Å². The summed E-state index contributed by atoms with van der Waals surface area (Å²) in [5.74, 6) is 0.874. The summed E-state index contributed by atoms with van der Waals surface area (Å²) in [7, 11) is 1.97. The second kappa shape index (κ2) is 5.00. The van der Waals surface area contributed by atoms with Gasteiger partial charge in [-0.3, -0.25) is 4.68 Å². The van der Waals surface area contributed by atoms with E-state index < -0.39 is 0 Å². The Labute approximate surface area is 98.2 Å². The Balaban J connectivity index is 1.88. The Kier molecular flexibility index (Phi) is 3.64. The molecule has 1 saturated carbocycles. The van der Waals surface area contributed by atoms with Crippen LogP contribution in [0.5, 0.6) is 0 Å². The molecule has 0 amide bonds. The zero-order valence-electron chi connectivity index (χ0n) is 10.6. The molecule has 2 atom stereocenters.